The fourth-order valence-electron chi connectivity index (χ4n) is 8.13. The average Bonchev–Trinajstić information content (AvgIpc) is 3.91. The van der Waals surface area contributed by atoms with Crippen molar-refractivity contribution < 1.29 is 0 Å². The van der Waals surface area contributed by atoms with Crippen molar-refractivity contribution in [2.24, 2.45) is 5.92 Å². The molecule has 232 valence electrons. The van der Waals surface area contributed by atoms with Crippen LogP contribution in [-0.4, -0.2) is 5.54 Å². The first-order valence-electron chi connectivity index (χ1n) is 16.8. The Bertz CT molecular complexity index is 2570. The first-order valence-corrected chi connectivity index (χ1v) is 17.6. The Labute approximate surface area is 290 Å². The summed E-state index contributed by atoms with van der Waals surface area (Å²) in [5.74, 6) is 0.264. The molecule has 7 aromatic rings. The second-order valence-corrected chi connectivity index (χ2v) is 14.2. The molecule has 1 N–H and O–H groups in total. The number of allylic oxidation sites excluding steroid dienone is 2. The monoisotopic (exact) mass is 644 g/mol. The van der Waals surface area contributed by atoms with Crippen LogP contribution >= 0.6 is 11.3 Å². The summed E-state index contributed by atoms with van der Waals surface area (Å²) in [6.07, 6.45) is 13.4. The molecule has 3 heterocycles. The average molecular weight is 645 g/mol. The van der Waals surface area contributed by atoms with E-state index in [0.717, 1.165) is 11.4 Å². The normalized spacial score (nSPS) is 18.5. The third kappa shape index (κ3) is 4.26. The zero-order valence-corrected chi connectivity index (χ0v) is 27.6. The van der Waals surface area contributed by atoms with Crippen molar-refractivity contribution in [1.82, 2.24) is 0 Å². The number of thiophene rings is 1. The van der Waals surface area contributed by atoms with Crippen LogP contribution in [0.4, 0.5) is 17.1 Å². The molecule has 0 fully saturated rings. The van der Waals surface area contributed by atoms with E-state index >= 15 is 0 Å². The Kier molecular flexibility index (Phi) is 6.21. The van der Waals surface area contributed by atoms with E-state index in [4.69, 9.17) is 0 Å². The molecule has 0 radical (unpaired) electrons. The van der Waals surface area contributed by atoms with E-state index in [9.17, 15) is 0 Å². The fourth-order valence-corrected chi connectivity index (χ4v) is 9.28. The molecule has 0 saturated carbocycles. The number of para-hydroxylation sites is 1. The van der Waals surface area contributed by atoms with Crippen LogP contribution in [0.25, 0.3) is 59.1 Å². The maximum Gasteiger partial charge on any atom is 0.0987 e. The molecule has 2 aliphatic heterocycles. The van der Waals surface area contributed by atoms with E-state index in [0.29, 0.717) is 0 Å². The van der Waals surface area contributed by atoms with Crippen LogP contribution in [0.2, 0.25) is 0 Å². The molecule has 1 aromatic heterocycles. The van der Waals surface area contributed by atoms with Crippen LogP contribution in [0.5, 0.6) is 0 Å². The molecular weight excluding hydrogens is 613 g/mol. The molecule has 49 heavy (non-hydrogen) atoms. The molecule has 1 aliphatic carbocycles. The van der Waals surface area contributed by atoms with Crippen molar-refractivity contribution in [2.45, 2.75) is 5.54 Å². The van der Waals surface area contributed by atoms with Gasteiger partial charge in [0.05, 0.1) is 5.54 Å². The van der Waals surface area contributed by atoms with Crippen LogP contribution in [0, 0.1) is 5.92 Å². The second kappa shape index (κ2) is 10.8. The number of nitrogens with zero attached hydrogens (tertiary/aromatic N) is 1. The van der Waals surface area contributed by atoms with E-state index < -0.39 is 0 Å². The standard InChI is InChI=1S/C46H32N2S/c1-2-35-24-26-48-43-28-33(21-23-40(43)41-13-8-25-46(35,41)48)30-16-18-31(19-17-30)37-11-3-5-14-42(37)47-36-10-7-9-32(27-36)34-20-22-39-38-12-4-6-15-44(38)49-45(39)29-34/h2-29,35,47H,1H2/t35?,46-/m1/s1. The molecule has 1 unspecified atom stereocenters. The van der Waals surface area contributed by atoms with Gasteiger partial charge in [-0.25, -0.2) is 0 Å². The molecule has 10 rings (SSSR count). The Hall–Kier alpha value is -5.90. The minimum atomic E-state index is -0.157. The number of rotatable bonds is 6. The molecule has 1 spiro atoms. The largest absolute Gasteiger partial charge is 0.355 e. The summed E-state index contributed by atoms with van der Waals surface area (Å²) in [6.45, 7) is 4.14. The van der Waals surface area contributed by atoms with Gasteiger partial charge in [-0.3, -0.25) is 0 Å². The first-order chi connectivity index (χ1) is 24.2. The van der Waals surface area contributed by atoms with Crippen LogP contribution in [-0.2, 0) is 0 Å². The minimum Gasteiger partial charge on any atom is -0.355 e. The fraction of sp³-hybridized carbons (Fsp3) is 0.0435. The predicted octanol–water partition coefficient (Wildman–Crippen LogP) is 12.6. The molecule has 3 aliphatic rings. The van der Waals surface area contributed by atoms with Crippen molar-refractivity contribution in [2.75, 3.05) is 10.2 Å². The van der Waals surface area contributed by atoms with Crippen molar-refractivity contribution in [3.05, 3.63) is 182 Å². The van der Waals surface area contributed by atoms with Gasteiger partial charge in [0.1, 0.15) is 0 Å². The minimum absolute atomic E-state index is 0.157. The van der Waals surface area contributed by atoms with Gasteiger partial charge in [0.15, 0.2) is 0 Å². The zero-order valence-electron chi connectivity index (χ0n) is 26.8. The summed E-state index contributed by atoms with van der Waals surface area (Å²) < 4.78 is 2.65. The van der Waals surface area contributed by atoms with E-state index in [1.54, 1.807) is 0 Å². The van der Waals surface area contributed by atoms with Gasteiger partial charge in [-0.15, -0.1) is 17.9 Å². The van der Waals surface area contributed by atoms with Gasteiger partial charge in [-0.1, -0.05) is 127 Å². The molecule has 2 nitrogen and oxygen atoms in total. The van der Waals surface area contributed by atoms with Gasteiger partial charge in [0, 0.05) is 60.5 Å². The van der Waals surface area contributed by atoms with E-state index in [1.807, 2.05) is 11.3 Å². The van der Waals surface area contributed by atoms with Crippen LogP contribution in [0.3, 0.4) is 0 Å². The summed E-state index contributed by atoms with van der Waals surface area (Å²) in [4.78, 5) is 2.43. The van der Waals surface area contributed by atoms with Gasteiger partial charge >= 0.3 is 0 Å². The van der Waals surface area contributed by atoms with Gasteiger partial charge in [0.2, 0.25) is 0 Å². The van der Waals surface area contributed by atoms with Crippen LogP contribution in [0.15, 0.2) is 177 Å². The Morgan fingerprint density at radius 1 is 0.653 bits per heavy atom. The Morgan fingerprint density at radius 2 is 1.41 bits per heavy atom. The van der Waals surface area contributed by atoms with Gasteiger partial charge in [0.25, 0.3) is 0 Å². The lowest BCUT2D eigenvalue weighted by Gasteiger charge is -2.34. The lowest BCUT2D eigenvalue weighted by atomic mass is 9.81. The molecule has 6 aromatic carbocycles. The number of hydrogen-bond donors (Lipinski definition) is 1. The molecule has 2 atom stereocenters. The molecule has 0 amide bonds. The van der Waals surface area contributed by atoms with E-state index in [-0.39, 0.29) is 11.5 Å². The quantitative estimate of drug-likeness (QED) is 0.181. The van der Waals surface area contributed by atoms with Gasteiger partial charge < -0.3 is 10.2 Å². The summed E-state index contributed by atoms with van der Waals surface area (Å²) >= 11 is 1.86. The SMILES string of the molecule is C=CC1C=CN2c3cc(-c4ccc(-c5ccccc5Nc5cccc(-c6ccc7c(c6)sc6ccccc67)c5)cc4)ccc3C3=CC=C[C@]312. The van der Waals surface area contributed by atoms with E-state index in [1.165, 1.54) is 70.4 Å². The molecular formula is C46H32N2S. The third-order valence-electron chi connectivity index (χ3n) is 10.5. The summed E-state index contributed by atoms with van der Waals surface area (Å²) in [6, 6.07) is 48.7. The van der Waals surface area contributed by atoms with Crippen LogP contribution < -0.4 is 10.2 Å². The summed E-state index contributed by atoms with van der Waals surface area (Å²) in [7, 11) is 0. The van der Waals surface area contributed by atoms with Crippen LogP contribution in [0.1, 0.15) is 5.56 Å². The molecule has 0 saturated heterocycles. The highest BCUT2D eigenvalue weighted by Crippen LogP contribution is 2.57. The highest BCUT2D eigenvalue weighted by Gasteiger charge is 2.52. The van der Waals surface area contributed by atoms with Crippen molar-refractivity contribution in [3.8, 4) is 33.4 Å². The highest BCUT2D eigenvalue weighted by molar-refractivity contribution is 7.25. The maximum absolute atomic E-state index is 4.14. The Morgan fingerprint density at radius 3 is 2.33 bits per heavy atom. The maximum atomic E-state index is 4.14. The topological polar surface area (TPSA) is 15.3 Å². The lowest BCUT2D eigenvalue weighted by Crippen LogP contribution is -2.41. The smallest absolute Gasteiger partial charge is 0.0987 e. The number of nitrogens with one attached hydrogen (secondary N) is 1. The summed E-state index contributed by atoms with van der Waals surface area (Å²) in [5, 5.41) is 6.39. The van der Waals surface area contributed by atoms with Crippen molar-refractivity contribution in [1.29, 1.82) is 0 Å². The number of anilines is 3. The number of benzene rings is 6. The summed E-state index contributed by atoms with van der Waals surface area (Å²) in [5.41, 5.74) is 13.1. The van der Waals surface area contributed by atoms with Gasteiger partial charge in [-0.2, -0.15) is 0 Å². The van der Waals surface area contributed by atoms with Gasteiger partial charge in [-0.05, 0) is 69.8 Å². The van der Waals surface area contributed by atoms with E-state index in [2.05, 4.69) is 187 Å². The zero-order chi connectivity index (χ0) is 32.5. The first kappa shape index (κ1) is 28.1. The third-order valence-corrected chi connectivity index (χ3v) is 11.6. The van der Waals surface area contributed by atoms with Crippen molar-refractivity contribution >= 4 is 54.1 Å². The predicted molar refractivity (Wildman–Crippen MR) is 211 cm³/mol. The van der Waals surface area contributed by atoms with Crippen molar-refractivity contribution in [3.63, 3.8) is 0 Å². The lowest BCUT2D eigenvalue weighted by molar-refractivity contribution is 0.612. The molecule has 0 bridgehead atoms. The Balaban J connectivity index is 0.930. The number of hydrogen-bond acceptors (Lipinski definition) is 3. The second-order valence-electron chi connectivity index (χ2n) is 13.1. The number of fused-ring (bicyclic) bond motifs is 6. The molecule has 3 heteroatoms. The highest BCUT2D eigenvalue weighted by atomic mass is 32.1.